The molecule has 0 radical (unpaired) electrons. The van der Waals surface area contributed by atoms with Crippen LogP contribution in [0.5, 0.6) is 5.75 Å². The molecule has 2 rings (SSSR count). The van der Waals surface area contributed by atoms with Crippen LogP contribution in [0, 0.1) is 11.2 Å². The third-order valence-corrected chi connectivity index (χ3v) is 3.90. The third kappa shape index (κ3) is 3.36. The largest absolute Gasteiger partial charge is 0.493 e. The molecule has 0 atom stereocenters. The van der Waals surface area contributed by atoms with Crippen molar-refractivity contribution in [3.63, 3.8) is 0 Å². The number of halogens is 1. The molecule has 0 aliphatic carbocycles. The molecule has 1 aliphatic rings. The summed E-state index contributed by atoms with van der Waals surface area (Å²) in [5, 5.41) is 0. The lowest BCUT2D eigenvalue weighted by molar-refractivity contribution is 0.00305. The van der Waals surface area contributed by atoms with Crippen LogP contribution in [0.4, 0.5) is 4.39 Å². The smallest absolute Gasteiger partial charge is 0.126 e. The van der Waals surface area contributed by atoms with Crippen molar-refractivity contribution in [1.82, 2.24) is 0 Å². The van der Waals surface area contributed by atoms with Gasteiger partial charge in [-0.15, -0.1) is 0 Å². The van der Waals surface area contributed by atoms with Gasteiger partial charge in [0, 0.05) is 24.7 Å². The van der Waals surface area contributed by atoms with Gasteiger partial charge in [-0.2, -0.15) is 12.6 Å². The Morgan fingerprint density at radius 2 is 2.12 bits per heavy atom. The summed E-state index contributed by atoms with van der Waals surface area (Å²) < 4.78 is 24.0. The van der Waals surface area contributed by atoms with Gasteiger partial charge in [0.2, 0.25) is 0 Å². The molecule has 0 saturated carbocycles. The van der Waals surface area contributed by atoms with Crippen LogP contribution in [-0.2, 0) is 4.74 Å². The van der Waals surface area contributed by atoms with Crippen molar-refractivity contribution in [1.29, 1.82) is 0 Å². The SMILES string of the molecule is Fc1cccc(OCC2(CS)CCOCC2)c1. The molecule has 1 aromatic carbocycles. The summed E-state index contributed by atoms with van der Waals surface area (Å²) in [6.45, 7) is 2.09. The predicted octanol–water partition coefficient (Wildman–Crippen LogP) is 2.93. The fourth-order valence-corrected chi connectivity index (χ4v) is 2.35. The quantitative estimate of drug-likeness (QED) is 0.835. The van der Waals surface area contributed by atoms with Crippen LogP contribution < -0.4 is 4.74 Å². The molecule has 0 bridgehead atoms. The summed E-state index contributed by atoms with van der Waals surface area (Å²) in [6.07, 6.45) is 1.90. The van der Waals surface area contributed by atoms with Crippen LogP contribution in [0.25, 0.3) is 0 Å². The maximum atomic E-state index is 13.0. The number of rotatable bonds is 4. The zero-order chi connectivity index (χ0) is 12.1. The number of benzene rings is 1. The molecule has 1 heterocycles. The van der Waals surface area contributed by atoms with Crippen LogP contribution >= 0.6 is 12.6 Å². The lowest BCUT2D eigenvalue weighted by Crippen LogP contribution is -2.36. The molecule has 1 aliphatic heterocycles. The molecular formula is C13H17FO2S. The highest BCUT2D eigenvalue weighted by Crippen LogP contribution is 2.32. The van der Waals surface area contributed by atoms with Gasteiger partial charge in [0.15, 0.2) is 0 Å². The van der Waals surface area contributed by atoms with Gasteiger partial charge in [0.05, 0.1) is 6.61 Å². The Morgan fingerprint density at radius 3 is 2.76 bits per heavy atom. The van der Waals surface area contributed by atoms with E-state index in [-0.39, 0.29) is 11.2 Å². The highest BCUT2D eigenvalue weighted by atomic mass is 32.1. The molecule has 0 amide bonds. The first-order valence-electron chi connectivity index (χ1n) is 5.81. The fraction of sp³-hybridized carbons (Fsp3) is 0.538. The summed E-state index contributed by atoms with van der Waals surface area (Å²) in [4.78, 5) is 0. The molecule has 0 aromatic heterocycles. The summed E-state index contributed by atoms with van der Waals surface area (Å²) in [5.41, 5.74) is 0.0632. The number of hydrogen-bond donors (Lipinski definition) is 1. The van der Waals surface area contributed by atoms with Crippen LogP contribution in [-0.4, -0.2) is 25.6 Å². The van der Waals surface area contributed by atoms with Crippen LogP contribution in [0.1, 0.15) is 12.8 Å². The highest BCUT2D eigenvalue weighted by Gasteiger charge is 2.32. The van der Waals surface area contributed by atoms with E-state index in [0.29, 0.717) is 12.4 Å². The Labute approximate surface area is 107 Å². The lowest BCUT2D eigenvalue weighted by Gasteiger charge is -2.35. The zero-order valence-corrected chi connectivity index (χ0v) is 10.6. The Kier molecular flexibility index (Phi) is 4.29. The van der Waals surface area contributed by atoms with Gasteiger partial charge in [0.1, 0.15) is 11.6 Å². The molecule has 1 aromatic rings. The van der Waals surface area contributed by atoms with Crippen molar-refractivity contribution < 1.29 is 13.9 Å². The highest BCUT2D eigenvalue weighted by molar-refractivity contribution is 7.80. The average Bonchev–Trinajstić information content (AvgIpc) is 2.38. The maximum absolute atomic E-state index is 13.0. The van der Waals surface area contributed by atoms with E-state index in [4.69, 9.17) is 9.47 Å². The van der Waals surface area contributed by atoms with E-state index in [2.05, 4.69) is 12.6 Å². The normalized spacial score (nSPS) is 18.9. The van der Waals surface area contributed by atoms with Crippen molar-refractivity contribution in [2.75, 3.05) is 25.6 Å². The molecule has 94 valence electrons. The first-order chi connectivity index (χ1) is 8.24. The van der Waals surface area contributed by atoms with E-state index < -0.39 is 0 Å². The minimum Gasteiger partial charge on any atom is -0.493 e. The van der Waals surface area contributed by atoms with Crippen LogP contribution in [0.2, 0.25) is 0 Å². The van der Waals surface area contributed by atoms with E-state index in [1.165, 1.54) is 12.1 Å². The van der Waals surface area contributed by atoms with E-state index in [1.54, 1.807) is 12.1 Å². The minimum absolute atomic E-state index is 0.0632. The summed E-state index contributed by atoms with van der Waals surface area (Å²) in [5.74, 6) is 1.08. The van der Waals surface area contributed by atoms with Crippen molar-refractivity contribution in [3.05, 3.63) is 30.1 Å². The first-order valence-corrected chi connectivity index (χ1v) is 6.44. The molecule has 4 heteroatoms. The molecule has 17 heavy (non-hydrogen) atoms. The Morgan fingerprint density at radius 1 is 1.35 bits per heavy atom. The molecule has 0 unspecified atom stereocenters. The Bertz CT molecular complexity index is 364. The van der Waals surface area contributed by atoms with Gasteiger partial charge in [0.25, 0.3) is 0 Å². The van der Waals surface area contributed by atoms with E-state index in [9.17, 15) is 4.39 Å². The second-order valence-electron chi connectivity index (χ2n) is 4.52. The number of thiol groups is 1. The van der Waals surface area contributed by atoms with Crippen LogP contribution in [0.3, 0.4) is 0 Å². The second kappa shape index (κ2) is 5.74. The van der Waals surface area contributed by atoms with Gasteiger partial charge >= 0.3 is 0 Å². The first kappa shape index (κ1) is 12.7. The topological polar surface area (TPSA) is 18.5 Å². The maximum Gasteiger partial charge on any atom is 0.126 e. The van der Waals surface area contributed by atoms with Crippen molar-refractivity contribution in [2.24, 2.45) is 5.41 Å². The standard InChI is InChI=1S/C13H17FO2S/c14-11-2-1-3-12(8-11)16-9-13(10-17)4-6-15-7-5-13/h1-3,8,17H,4-7,9-10H2. The Hall–Kier alpha value is -0.740. The van der Waals surface area contributed by atoms with Gasteiger partial charge < -0.3 is 9.47 Å². The molecule has 1 saturated heterocycles. The van der Waals surface area contributed by atoms with Crippen LogP contribution in [0.15, 0.2) is 24.3 Å². The number of hydrogen-bond acceptors (Lipinski definition) is 3. The predicted molar refractivity (Wildman–Crippen MR) is 68.2 cm³/mol. The average molecular weight is 256 g/mol. The van der Waals surface area contributed by atoms with Gasteiger partial charge in [-0.1, -0.05) is 6.07 Å². The van der Waals surface area contributed by atoms with Gasteiger partial charge in [-0.25, -0.2) is 4.39 Å². The lowest BCUT2D eigenvalue weighted by atomic mass is 9.83. The third-order valence-electron chi connectivity index (χ3n) is 3.23. The second-order valence-corrected chi connectivity index (χ2v) is 4.83. The van der Waals surface area contributed by atoms with Gasteiger partial charge in [-0.3, -0.25) is 0 Å². The summed E-state index contributed by atoms with van der Waals surface area (Å²) >= 11 is 4.41. The molecular weight excluding hydrogens is 239 g/mol. The molecule has 1 fully saturated rings. The Balaban J connectivity index is 1.95. The van der Waals surface area contributed by atoms with Crippen molar-refractivity contribution in [3.8, 4) is 5.75 Å². The summed E-state index contributed by atoms with van der Waals surface area (Å²) in [7, 11) is 0. The minimum atomic E-state index is -0.269. The molecule has 0 N–H and O–H groups in total. The number of ether oxygens (including phenoxy) is 2. The monoisotopic (exact) mass is 256 g/mol. The van der Waals surface area contributed by atoms with Gasteiger partial charge in [-0.05, 0) is 30.7 Å². The van der Waals surface area contributed by atoms with Crippen molar-refractivity contribution in [2.45, 2.75) is 12.8 Å². The fourth-order valence-electron chi connectivity index (χ4n) is 1.95. The zero-order valence-electron chi connectivity index (χ0n) is 9.69. The summed E-state index contributed by atoms with van der Waals surface area (Å²) in [6, 6.07) is 6.25. The van der Waals surface area contributed by atoms with E-state index >= 15 is 0 Å². The van der Waals surface area contributed by atoms with E-state index in [1.807, 2.05) is 0 Å². The molecule has 2 nitrogen and oxygen atoms in total. The van der Waals surface area contributed by atoms with Crippen molar-refractivity contribution >= 4 is 12.6 Å². The molecule has 0 spiro atoms. The van der Waals surface area contributed by atoms with E-state index in [0.717, 1.165) is 31.8 Å².